The van der Waals surface area contributed by atoms with Gasteiger partial charge in [0.05, 0.1) is 33.3 Å². The fourth-order valence-corrected chi connectivity index (χ4v) is 6.53. The molecule has 47 heavy (non-hydrogen) atoms. The Labute approximate surface area is 275 Å². The van der Waals surface area contributed by atoms with Crippen LogP contribution in [0.3, 0.4) is 0 Å². The quantitative estimate of drug-likeness (QED) is 0.110. The molecule has 0 bridgehead atoms. The molecule has 4 heterocycles. The Morgan fingerprint density at radius 3 is 1.53 bits per heavy atom. The zero-order chi connectivity index (χ0) is 32.9. The van der Waals surface area contributed by atoms with Crippen LogP contribution in [0.4, 0.5) is 11.6 Å². The minimum Gasteiger partial charge on any atom is -0.308 e. The lowest BCUT2D eigenvalue weighted by Crippen LogP contribution is -2.27. The molecule has 2 amide bonds. The van der Waals surface area contributed by atoms with E-state index in [-0.39, 0.29) is 47.5 Å². The number of aromatic amines is 2. The normalized spacial score (nSPS) is 11.3. The summed E-state index contributed by atoms with van der Waals surface area (Å²) < 4.78 is 3.06. The monoisotopic (exact) mass is 670 g/mol. The van der Waals surface area contributed by atoms with E-state index in [4.69, 9.17) is 9.97 Å². The lowest BCUT2D eigenvalue weighted by Gasteiger charge is -2.15. The highest BCUT2D eigenvalue weighted by molar-refractivity contribution is 8.00. The van der Waals surface area contributed by atoms with Crippen LogP contribution in [-0.2, 0) is 22.7 Å². The molecule has 0 radical (unpaired) electrons. The van der Waals surface area contributed by atoms with Gasteiger partial charge in [0.1, 0.15) is 0 Å². The smallest absolute Gasteiger partial charge is 0.262 e. The predicted molar refractivity (Wildman–Crippen MR) is 182 cm³/mol. The Morgan fingerprint density at radius 1 is 0.702 bits per heavy atom. The number of aromatic nitrogens is 8. The van der Waals surface area contributed by atoms with Gasteiger partial charge in [0, 0.05) is 36.6 Å². The first-order valence-corrected chi connectivity index (χ1v) is 16.6. The van der Waals surface area contributed by atoms with Crippen molar-refractivity contribution in [3.8, 4) is 0 Å². The number of carbonyl (C=O) groups is 2. The molecular weight excluding hydrogens is 641 g/mol. The molecule has 0 saturated heterocycles. The van der Waals surface area contributed by atoms with Crippen molar-refractivity contribution >= 4 is 68.8 Å². The molecule has 0 unspecified atom stereocenters. The molecule has 4 N–H and O–H groups in total. The first kappa shape index (κ1) is 31.7. The van der Waals surface area contributed by atoms with Gasteiger partial charge in [0.15, 0.2) is 21.9 Å². The van der Waals surface area contributed by atoms with Crippen LogP contribution in [-0.4, -0.2) is 62.8 Å². The number of nitrogens with zero attached hydrogens (tertiary/aromatic N) is 6. The van der Waals surface area contributed by atoms with E-state index < -0.39 is 0 Å². The Bertz CT molecular complexity index is 2070. The SMILES string of the molecule is Cc1cc(NC(=O)CSc2nc3ccccc3c(=O)n2CCCn2c(SCC(=O)Nc3cc(C)[nH]n3)nc3ccccc3c2=O)n[nH]1. The van der Waals surface area contributed by atoms with Crippen molar-refractivity contribution in [3.05, 3.63) is 92.8 Å². The maximum atomic E-state index is 13.6. The van der Waals surface area contributed by atoms with E-state index in [0.29, 0.717) is 50.2 Å². The van der Waals surface area contributed by atoms with Gasteiger partial charge in [-0.05, 0) is 44.5 Å². The summed E-state index contributed by atoms with van der Waals surface area (Å²) in [5, 5.41) is 20.7. The van der Waals surface area contributed by atoms with Crippen LogP contribution in [0.15, 0.2) is 80.6 Å². The van der Waals surface area contributed by atoms with Crippen LogP contribution < -0.4 is 21.8 Å². The minimum absolute atomic E-state index is 0.00539. The van der Waals surface area contributed by atoms with Crippen molar-refractivity contribution in [3.63, 3.8) is 0 Å². The molecule has 0 aliphatic carbocycles. The molecule has 16 heteroatoms. The van der Waals surface area contributed by atoms with E-state index in [1.165, 1.54) is 9.13 Å². The molecule has 14 nitrogen and oxygen atoms in total. The number of carbonyl (C=O) groups excluding carboxylic acids is 2. The van der Waals surface area contributed by atoms with Crippen LogP contribution in [0, 0.1) is 13.8 Å². The van der Waals surface area contributed by atoms with Gasteiger partial charge in [-0.2, -0.15) is 10.2 Å². The maximum Gasteiger partial charge on any atom is 0.262 e. The van der Waals surface area contributed by atoms with E-state index in [0.717, 1.165) is 34.9 Å². The highest BCUT2D eigenvalue weighted by Crippen LogP contribution is 2.21. The average Bonchev–Trinajstić information content (AvgIpc) is 3.67. The Balaban J connectivity index is 1.22. The summed E-state index contributed by atoms with van der Waals surface area (Å²) in [6.07, 6.45) is 0.373. The summed E-state index contributed by atoms with van der Waals surface area (Å²) in [6, 6.07) is 17.5. The Morgan fingerprint density at radius 2 is 1.13 bits per heavy atom. The summed E-state index contributed by atoms with van der Waals surface area (Å²) in [5.41, 5.74) is 2.18. The molecule has 0 fully saturated rings. The lowest BCUT2D eigenvalue weighted by molar-refractivity contribution is -0.114. The standard InChI is InChI=1S/C31H30N10O4S2/c1-18-14-24(38-36-18)34-26(42)16-46-30-32-22-10-5-3-8-20(22)28(44)40(30)12-7-13-41-29(45)21-9-4-6-11-23(21)33-31(41)47-17-27(43)35-25-15-19(2)37-39-25/h3-6,8-11,14-15H,7,12-13,16-17H2,1-2H3,(H2,34,36,38,42)(H2,35,37,39,43). The van der Waals surface area contributed by atoms with Gasteiger partial charge in [-0.15, -0.1) is 0 Å². The first-order valence-electron chi connectivity index (χ1n) is 14.6. The highest BCUT2D eigenvalue weighted by Gasteiger charge is 2.17. The molecule has 0 aliphatic heterocycles. The summed E-state index contributed by atoms with van der Waals surface area (Å²) >= 11 is 2.29. The van der Waals surface area contributed by atoms with Crippen LogP contribution in [0.5, 0.6) is 0 Å². The number of para-hydroxylation sites is 2. The van der Waals surface area contributed by atoms with Crippen molar-refractivity contribution in [1.29, 1.82) is 0 Å². The van der Waals surface area contributed by atoms with E-state index in [1.807, 2.05) is 13.8 Å². The number of nitrogens with one attached hydrogen (secondary N) is 4. The predicted octanol–water partition coefficient (Wildman–Crippen LogP) is 3.72. The third-order valence-corrected chi connectivity index (χ3v) is 8.98. The summed E-state index contributed by atoms with van der Waals surface area (Å²) in [4.78, 5) is 62.0. The summed E-state index contributed by atoms with van der Waals surface area (Å²) in [5.74, 6) is 0.244. The zero-order valence-electron chi connectivity index (χ0n) is 25.4. The van der Waals surface area contributed by atoms with Crippen molar-refractivity contribution in [2.75, 3.05) is 22.1 Å². The van der Waals surface area contributed by atoms with Gasteiger partial charge in [0.2, 0.25) is 11.8 Å². The molecule has 240 valence electrons. The van der Waals surface area contributed by atoms with Gasteiger partial charge in [0.25, 0.3) is 11.1 Å². The van der Waals surface area contributed by atoms with Crippen molar-refractivity contribution in [1.82, 2.24) is 39.5 Å². The lowest BCUT2D eigenvalue weighted by atomic mass is 10.2. The molecule has 0 spiro atoms. The third kappa shape index (κ3) is 7.44. The van der Waals surface area contributed by atoms with E-state index in [9.17, 15) is 19.2 Å². The molecule has 0 saturated carbocycles. The molecule has 6 rings (SSSR count). The molecule has 6 aromatic rings. The van der Waals surface area contributed by atoms with Crippen molar-refractivity contribution in [2.24, 2.45) is 0 Å². The number of benzene rings is 2. The second-order valence-electron chi connectivity index (χ2n) is 10.6. The molecule has 0 atom stereocenters. The van der Waals surface area contributed by atoms with Crippen LogP contribution in [0.25, 0.3) is 21.8 Å². The van der Waals surface area contributed by atoms with Crippen LogP contribution >= 0.6 is 23.5 Å². The van der Waals surface area contributed by atoms with Gasteiger partial charge < -0.3 is 10.6 Å². The van der Waals surface area contributed by atoms with Crippen molar-refractivity contribution < 1.29 is 9.59 Å². The number of rotatable bonds is 12. The van der Waals surface area contributed by atoms with E-state index >= 15 is 0 Å². The third-order valence-electron chi connectivity index (χ3n) is 7.03. The average molecular weight is 671 g/mol. The number of fused-ring (bicyclic) bond motifs is 2. The number of anilines is 2. The molecule has 4 aromatic heterocycles. The largest absolute Gasteiger partial charge is 0.308 e. The fourth-order valence-electron chi connectivity index (χ4n) is 4.88. The molecular formula is C31H30N10O4S2. The number of amides is 2. The van der Waals surface area contributed by atoms with Crippen LogP contribution in [0.1, 0.15) is 17.8 Å². The highest BCUT2D eigenvalue weighted by atomic mass is 32.2. The molecule has 2 aromatic carbocycles. The Kier molecular flexibility index (Phi) is 9.49. The van der Waals surface area contributed by atoms with Gasteiger partial charge in [-0.3, -0.25) is 38.5 Å². The van der Waals surface area contributed by atoms with Gasteiger partial charge in [-0.25, -0.2) is 9.97 Å². The Hall–Kier alpha value is -5.22. The molecule has 0 aliphatic rings. The van der Waals surface area contributed by atoms with E-state index in [1.54, 1.807) is 60.7 Å². The fraction of sp³-hybridized carbons (Fsp3) is 0.226. The number of aryl methyl sites for hydroxylation is 2. The summed E-state index contributed by atoms with van der Waals surface area (Å²) in [7, 11) is 0. The zero-order valence-corrected chi connectivity index (χ0v) is 27.1. The number of hydrogen-bond donors (Lipinski definition) is 4. The minimum atomic E-state index is -0.294. The summed E-state index contributed by atoms with van der Waals surface area (Å²) in [6.45, 7) is 4.11. The van der Waals surface area contributed by atoms with Gasteiger partial charge >= 0.3 is 0 Å². The van der Waals surface area contributed by atoms with Crippen molar-refractivity contribution in [2.45, 2.75) is 43.7 Å². The first-order chi connectivity index (χ1) is 22.7. The van der Waals surface area contributed by atoms with E-state index in [2.05, 4.69) is 31.0 Å². The number of H-pyrrole nitrogens is 2. The van der Waals surface area contributed by atoms with Gasteiger partial charge in [-0.1, -0.05) is 47.8 Å². The number of hydrogen-bond acceptors (Lipinski definition) is 10. The number of thioether (sulfide) groups is 2. The van der Waals surface area contributed by atoms with Crippen LogP contribution in [0.2, 0.25) is 0 Å². The topological polar surface area (TPSA) is 185 Å². The second-order valence-corrected chi connectivity index (χ2v) is 12.5. The second kappa shape index (κ2) is 14.0. The maximum absolute atomic E-state index is 13.6.